The molecule has 0 aliphatic heterocycles. The molecule has 32 heavy (non-hydrogen) atoms. The summed E-state index contributed by atoms with van der Waals surface area (Å²) in [7, 11) is 0. The van der Waals surface area contributed by atoms with Gasteiger partial charge in [-0.15, -0.1) is 0 Å². The fourth-order valence-corrected chi connectivity index (χ4v) is 3.62. The van der Waals surface area contributed by atoms with Crippen LogP contribution in [0.1, 0.15) is 77.0 Å². The van der Waals surface area contributed by atoms with Crippen LogP contribution in [0.4, 0.5) is 4.39 Å². The minimum Gasteiger partial charge on any atom is -0.350 e. The SMILES string of the molecule is CCC(C(=O)NC(C)(C)C)N(Cc1ccc(F)cc1)C(=O)CCc1ccc(C(C)C)cc1. The van der Waals surface area contributed by atoms with Crippen molar-refractivity contribution in [1.82, 2.24) is 10.2 Å². The van der Waals surface area contributed by atoms with Gasteiger partial charge < -0.3 is 10.2 Å². The smallest absolute Gasteiger partial charge is 0.243 e. The summed E-state index contributed by atoms with van der Waals surface area (Å²) in [6.45, 7) is 12.2. The third-order valence-electron chi connectivity index (χ3n) is 5.42. The molecule has 2 rings (SSSR count). The molecule has 0 saturated carbocycles. The Hall–Kier alpha value is -2.69. The first-order chi connectivity index (χ1) is 15.0. The monoisotopic (exact) mass is 440 g/mol. The van der Waals surface area contributed by atoms with E-state index in [2.05, 4.69) is 43.4 Å². The van der Waals surface area contributed by atoms with E-state index in [1.165, 1.54) is 17.7 Å². The quantitative estimate of drug-likeness (QED) is 0.551. The predicted octanol–water partition coefficient (Wildman–Crippen LogP) is 5.60. The van der Waals surface area contributed by atoms with Gasteiger partial charge in [0.05, 0.1) is 0 Å². The summed E-state index contributed by atoms with van der Waals surface area (Å²) in [5.41, 5.74) is 2.76. The molecule has 0 fully saturated rings. The summed E-state index contributed by atoms with van der Waals surface area (Å²) >= 11 is 0. The van der Waals surface area contributed by atoms with E-state index in [0.29, 0.717) is 25.2 Å². The maximum absolute atomic E-state index is 13.4. The predicted molar refractivity (Wildman–Crippen MR) is 128 cm³/mol. The second-order valence-corrected chi connectivity index (χ2v) is 9.71. The first-order valence-corrected chi connectivity index (χ1v) is 11.4. The lowest BCUT2D eigenvalue weighted by atomic mass is 10.00. The van der Waals surface area contributed by atoms with Gasteiger partial charge in [-0.1, -0.05) is 57.2 Å². The molecule has 0 aromatic heterocycles. The van der Waals surface area contributed by atoms with Crippen molar-refractivity contribution in [2.24, 2.45) is 0 Å². The Labute approximate surface area is 192 Å². The van der Waals surface area contributed by atoms with Gasteiger partial charge in [0, 0.05) is 18.5 Å². The van der Waals surface area contributed by atoms with Crippen LogP contribution in [0.2, 0.25) is 0 Å². The minimum absolute atomic E-state index is 0.0850. The second kappa shape index (κ2) is 11.3. The van der Waals surface area contributed by atoms with E-state index in [0.717, 1.165) is 11.1 Å². The molecule has 1 unspecified atom stereocenters. The average Bonchev–Trinajstić information content (AvgIpc) is 2.72. The number of nitrogens with zero attached hydrogens (tertiary/aromatic N) is 1. The number of nitrogens with one attached hydrogen (secondary N) is 1. The molecule has 4 nitrogen and oxygen atoms in total. The number of aryl methyl sites for hydroxylation is 1. The molecule has 0 aliphatic carbocycles. The summed E-state index contributed by atoms with van der Waals surface area (Å²) in [4.78, 5) is 27.9. The van der Waals surface area contributed by atoms with Crippen LogP contribution >= 0.6 is 0 Å². The van der Waals surface area contributed by atoms with Crippen LogP contribution in [0.25, 0.3) is 0 Å². The van der Waals surface area contributed by atoms with Crippen LogP contribution in [0.5, 0.6) is 0 Å². The molecule has 0 heterocycles. The van der Waals surface area contributed by atoms with Crippen molar-refractivity contribution < 1.29 is 14.0 Å². The van der Waals surface area contributed by atoms with Crippen LogP contribution in [0.15, 0.2) is 48.5 Å². The Balaban J connectivity index is 2.20. The van der Waals surface area contributed by atoms with Crippen molar-refractivity contribution in [1.29, 1.82) is 0 Å². The Morgan fingerprint density at radius 3 is 2.03 bits per heavy atom. The third-order valence-corrected chi connectivity index (χ3v) is 5.42. The third kappa shape index (κ3) is 7.77. The van der Waals surface area contributed by atoms with Crippen molar-refractivity contribution in [2.45, 2.75) is 84.8 Å². The number of rotatable bonds is 9. The number of amides is 2. The molecule has 0 saturated heterocycles. The first-order valence-electron chi connectivity index (χ1n) is 11.4. The Morgan fingerprint density at radius 2 is 1.53 bits per heavy atom. The van der Waals surface area contributed by atoms with Gasteiger partial charge in [0.1, 0.15) is 11.9 Å². The van der Waals surface area contributed by atoms with Crippen molar-refractivity contribution in [3.05, 3.63) is 71.0 Å². The van der Waals surface area contributed by atoms with Gasteiger partial charge in [-0.05, 0) is 68.4 Å². The second-order valence-electron chi connectivity index (χ2n) is 9.71. The summed E-state index contributed by atoms with van der Waals surface area (Å²) < 4.78 is 13.4. The molecule has 0 radical (unpaired) electrons. The molecule has 2 aromatic carbocycles. The molecule has 2 aromatic rings. The zero-order chi connectivity index (χ0) is 23.9. The van der Waals surface area contributed by atoms with E-state index < -0.39 is 11.6 Å². The lowest BCUT2D eigenvalue weighted by molar-refractivity contribution is -0.142. The van der Waals surface area contributed by atoms with E-state index in [1.807, 2.05) is 27.7 Å². The number of carbonyl (C=O) groups excluding carboxylic acids is 2. The van der Waals surface area contributed by atoms with Gasteiger partial charge in [-0.2, -0.15) is 0 Å². The van der Waals surface area contributed by atoms with Gasteiger partial charge in [0.2, 0.25) is 11.8 Å². The summed E-state index contributed by atoms with van der Waals surface area (Å²) in [5, 5.41) is 3.00. The molecular weight excluding hydrogens is 403 g/mol. The maximum atomic E-state index is 13.4. The zero-order valence-corrected chi connectivity index (χ0v) is 20.2. The zero-order valence-electron chi connectivity index (χ0n) is 20.2. The molecule has 174 valence electrons. The van der Waals surface area contributed by atoms with Crippen molar-refractivity contribution in [3.8, 4) is 0 Å². The minimum atomic E-state index is -0.588. The van der Waals surface area contributed by atoms with E-state index in [4.69, 9.17) is 0 Å². The summed E-state index contributed by atoms with van der Waals surface area (Å²) in [6, 6.07) is 13.8. The fourth-order valence-electron chi connectivity index (χ4n) is 3.62. The largest absolute Gasteiger partial charge is 0.350 e. The normalized spacial score (nSPS) is 12.5. The molecule has 0 spiro atoms. The molecule has 1 N–H and O–H groups in total. The number of carbonyl (C=O) groups is 2. The summed E-state index contributed by atoms with van der Waals surface area (Å²) in [6.07, 6.45) is 1.41. The molecule has 1 atom stereocenters. The van der Waals surface area contributed by atoms with E-state index in [1.54, 1.807) is 17.0 Å². The average molecular weight is 441 g/mol. The standard InChI is InChI=1S/C27H37FN2O2/c1-7-24(26(32)29-27(4,5)6)30(18-21-10-15-23(28)16-11-21)25(31)17-12-20-8-13-22(14-9-20)19(2)3/h8-11,13-16,19,24H,7,12,17-18H2,1-6H3,(H,29,32). The van der Waals surface area contributed by atoms with Crippen molar-refractivity contribution >= 4 is 11.8 Å². The van der Waals surface area contributed by atoms with Gasteiger partial charge in [0.15, 0.2) is 0 Å². The molecule has 2 amide bonds. The Kier molecular flexibility index (Phi) is 8.99. The van der Waals surface area contributed by atoms with Gasteiger partial charge in [-0.3, -0.25) is 9.59 Å². The van der Waals surface area contributed by atoms with Gasteiger partial charge in [-0.25, -0.2) is 4.39 Å². The van der Waals surface area contributed by atoms with E-state index in [-0.39, 0.29) is 24.2 Å². The topological polar surface area (TPSA) is 49.4 Å². The van der Waals surface area contributed by atoms with Crippen LogP contribution in [0, 0.1) is 5.82 Å². The highest BCUT2D eigenvalue weighted by Crippen LogP contribution is 2.18. The number of hydrogen-bond acceptors (Lipinski definition) is 2. The van der Waals surface area contributed by atoms with Crippen LogP contribution < -0.4 is 5.32 Å². The Morgan fingerprint density at radius 1 is 0.969 bits per heavy atom. The van der Waals surface area contributed by atoms with Gasteiger partial charge in [0.25, 0.3) is 0 Å². The number of halogens is 1. The van der Waals surface area contributed by atoms with Crippen LogP contribution in [-0.4, -0.2) is 28.3 Å². The van der Waals surface area contributed by atoms with E-state index in [9.17, 15) is 14.0 Å². The molecular formula is C27H37FN2O2. The lowest BCUT2D eigenvalue weighted by Gasteiger charge is -2.33. The molecule has 0 aliphatic rings. The lowest BCUT2D eigenvalue weighted by Crippen LogP contribution is -2.53. The van der Waals surface area contributed by atoms with E-state index >= 15 is 0 Å². The Bertz CT molecular complexity index is 883. The highest BCUT2D eigenvalue weighted by Gasteiger charge is 2.30. The van der Waals surface area contributed by atoms with Crippen molar-refractivity contribution in [3.63, 3.8) is 0 Å². The highest BCUT2D eigenvalue weighted by atomic mass is 19.1. The van der Waals surface area contributed by atoms with Gasteiger partial charge >= 0.3 is 0 Å². The first kappa shape index (κ1) is 25.6. The highest BCUT2D eigenvalue weighted by molar-refractivity contribution is 5.88. The molecule has 5 heteroatoms. The summed E-state index contributed by atoms with van der Waals surface area (Å²) in [5.74, 6) is -0.118. The number of benzene rings is 2. The fraction of sp³-hybridized carbons (Fsp3) is 0.481. The number of hydrogen-bond donors (Lipinski definition) is 1. The van der Waals surface area contributed by atoms with Crippen LogP contribution in [0.3, 0.4) is 0 Å². The van der Waals surface area contributed by atoms with Crippen molar-refractivity contribution in [2.75, 3.05) is 0 Å². The van der Waals surface area contributed by atoms with Crippen LogP contribution in [-0.2, 0) is 22.6 Å². The molecule has 0 bridgehead atoms. The maximum Gasteiger partial charge on any atom is 0.243 e.